The first-order valence-electron chi connectivity index (χ1n) is 4.37. The van der Waals surface area contributed by atoms with Crippen LogP contribution >= 0.6 is 11.8 Å². The van der Waals surface area contributed by atoms with Gasteiger partial charge in [0.15, 0.2) is 0 Å². The van der Waals surface area contributed by atoms with Crippen LogP contribution in [0.4, 0.5) is 0 Å². The molecule has 0 aliphatic heterocycles. The van der Waals surface area contributed by atoms with E-state index in [1.807, 2.05) is 24.8 Å². The average molecular weight is 197 g/mol. The van der Waals surface area contributed by atoms with Crippen molar-refractivity contribution in [1.82, 2.24) is 9.97 Å². The summed E-state index contributed by atoms with van der Waals surface area (Å²) in [5.41, 5.74) is 7.45. The molecule has 1 rings (SSSR count). The molecule has 0 spiro atoms. The van der Waals surface area contributed by atoms with Crippen LogP contribution in [-0.4, -0.2) is 15.7 Å². The Bertz CT molecular complexity index is 276. The van der Waals surface area contributed by atoms with Gasteiger partial charge in [-0.1, -0.05) is 6.92 Å². The zero-order valence-corrected chi connectivity index (χ0v) is 8.90. The molecule has 0 aliphatic rings. The van der Waals surface area contributed by atoms with Crippen molar-refractivity contribution in [2.75, 3.05) is 5.75 Å². The molecule has 0 atom stereocenters. The van der Waals surface area contributed by atoms with Crippen molar-refractivity contribution in [3.05, 3.63) is 23.3 Å². The first kappa shape index (κ1) is 10.5. The van der Waals surface area contributed by atoms with Crippen LogP contribution < -0.4 is 5.73 Å². The highest BCUT2D eigenvalue weighted by atomic mass is 32.2. The predicted octanol–water partition coefficient (Wildman–Crippen LogP) is 1.50. The number of rotatable bonds is 4. The van der Waals surface area contributed by atoms with Crippen molar-refractivity contribution in [3.63, 3.8) is 0 Å². The highest BCUT2D eigenvalue weighted by Gasteiger charge is 2.00. The van der Waals surface area contributed by atoms with Crippen LogP contribution in [0.5, 0.6) is 0 Å². The molecule has 13 heavy (non-hydrogen) atoms. The molecule has 1 aromatic heterocycles. The quantitative estimate of drug-likeness (QED) is 0.794. The number of hydrogen-bond acceptors (Lipinski definition) is 4. The summed E-state index contributed by atoms with van der Waals surface area (Å²) >= 11 is 1.82. The van der Waals surface area contributed by atoms with E-state index in [2.05, 4.69) is 16.9 Å². The Morgan fingerprint density at radius 2 is 2.23 bits per heavy atom. The van der Waals surface area contributed by atoms with Crippen molar-refractivity contribution in [1.29, 1.82) is 0 Å². The van der Waals surface area contributed by atoms with Crippen LogP contribution in [0.1, 0.15) is 24.1 Å². The Morgan fingerprint density at radius 1 is 1.46 bits per heavy atom. The standard InChI is InChI=1S/C9H15N3S/c1-3-13-6-9-11-7(2)4-8(5-10)12-9/h4H,3,5-6,10H2,1-2H3. The van der Waals surface area contributed by atoms with Crippen molar-refractivity contribution < 1.29 is 0 Å². The molecule has 4 heteroatoms. The summed E-state index contributed by atoms with van der Waals surface area (Å²) in [6.07, 6.45) is 0. The minimum atomic E-state index is 0.493. The maximum absolute atomic E-state index is 5.52. The second-order valence-electron chi connectivity index (χ2n) is 2.76. The van der Waals surface area contributed by atoms with Crippen LogP contribution in [0.15, 0.2) is 6.07 Å². The fourth-order valence-corrected chi connectivity index (χ4v) is 1.58. The normalized spacial score (nSPS) is 10.4. The van der Waals surface area contributed by atoms with Gasteiger partial charge in [0.05, 0.1) is 11.4 Å². The summed E-state index contributed by atoms with van der Waals surface area (Å²) in [4.78, 5) is 8.66. The molecule has 0 aromatic carbocycles. The summed E-state index contributed by atoms with van der Waals surface area (Å²) in [7, 11) is 0. The van der Waals surface area contributed by atoms with Gasteiger partial charge in [-0.3, -0.25) is 0 Å². The minimum absolute atomic E-state index is 0.493. The van der Waals surface area contributed by atoms with Crippen molar-refractivity contribution in [3.8, 4) is 0 Å². The lowest BCUT2D eigenvalue weighted by Crippen LogP contribution is -2.05. The van der Waals surface area contributed by atoms with Crippen LogP contribution in [-0.2, 0) is 12.3 Å². The van der Waals surface area contributed by atoms with Gasteiger partial charge in [-0.15, -0.1) is 0 Å². The van der Waals surface area contributed by atoms with Gasteiger partial charge in [0.1, 0.15) is 5.82 Å². The molecule has 0 unspecified atom stereocenters. The summed E-state index contributed by atoms with van der Waals surface area (Å²) in [5, 5.41) is 0. The zero-order chi connectivity index (χ0) is 9.68. The van der Waals surface area contributed by atoms with Gasteiger partial charge in [0.2, 0.25) is 0 Å². The molecule has 0 fully saturated rings. The van der Waals surface area contributed by atoms with Crippen molar-refractivity contribution >= 4 is 11.8 Å². The van der Waals surface area contributed by atoms with Crippen LogP contribution in [0.3, 0.4) is 0 Å². The van der Waals surface area contributed by atoms with E-state index in [1.165, 1.54) is 0 Å². The lowest BCUT2D eigenvalue weighted by Gasteiger charge is -2.03. The first-order chi connectivity index (χ1) is 6.26. The zero-order valence-electron chi connectivity index (χ0n) is 8.08. The lowest BCUT2D eigenvalue weighted by molar-refractivity contribution is 0.900. The fourth-order valence-electron chi connectivity index (χ4n) is 1.06. The van der Waals surface area contributed by atoms with Crippen LogP contribution in [0.2, 0.25) is 0 Å². The molecule has 0 amide bonds. The summed E-state index contributed by atoms with van der Waals surface area (Å²) < 4.78 is 0. The van der Waals surface area contributed by atoms with Gasteiger partial charge in [-0.25, -0.2) is 9.97 Å². The third-order valence-corrected chi connectivity index (χ3v) is 2.47. The van der Waals surface area contributed by atoms with E-state index >= 15 is 0 Å². The molecular formula is C9H15N3S. The Kier molecular flexibility index (Phi) is 4.18. The summed E-state index contributed by atoms with van der Waals surface area (Å²) in [6.45, 7) is 4.60. The molecule has 3 nitrogen and oxygen atoms in total. The Balaban J connectivity index is 2.76. The van der Waals surface area contributed by atoms with E-state index in [0.29, 0.717) is 6.54 Å². The maximum Gasteiger partial charge on any atom is 0.138 e. The van der Waals surface area contributed by atoms with E-state index < -0.39 is 0 Å². The number of nitrogens with zero attached hydrogens (tertiary/aromatic N) is 2. The molecule has 1 heterocycles. The number of hydrogen-bond donors (Lipinski definition) is 1. The second-order valence-corrected chi connectivity index (χ2v) is 4.03. The molecule has 0 bridgehead atoms. The van der Waals surface area contributed by atoms with E-state index in [9.17, 15) is 0 Å². The Labute approximate surface area is 83.2 Å². The molecule has 0 saturated carbocycles. The highest BCUT2D eigenvalue weighted by Crippen LogP contribution is 2.08. The smallest absolute Gasteiger partial charge is 0.138 e. The summed E-state index contributed by atoms with van der Waals surface area (Å²) in [5.74, 6) is 2.87. The van der Waals surface area contributed by atoms with Crippen molar-refractivity contribution in [2.24, 2.45) is 5.73 Å². The molecular weight excluding hydrogens is 182 g/mol. The predicted molar refractivity (Wildman–Crippen MR) is 56.5 cm³/mol. The molecule has 1 aromatic rings. The molecule has 0 radical (unpaired) electrons. The first-order valence-corrected chi connectivity index (χ1v) is 5.53. The van der Waals surface area contributed by atoms with E-state index in [1.54, 1.807) is 0 Å². The topological polar surface area (TPSA) is 51.8 Å². The molecule has 0 aliphatic carbocycles. The number of nitrogens with two attached hydrogens (primary N) is 1. The number of aromatic nitrogens is 2. The number of aryl methyl sites for hydroxylation is 1. The number of thioether (sulfide) groups is 1. The Hall–Kier alpha value is -0.610. The van der Waals surface area contributed by atoms with Crippen LogP contribution in [0, 0.1) is 6.92 Å². The minimum Gasteiger partial charge on any atom is -0.325 e. The lowest BCUT2D eigenvalue weighted by atomic mass is 10.3. The van der Waals surface area contributed by atoms with E-state index in [-0.39, 0.29) is 0 Å². The van der Waals surface area contributed by atoms with Gasteiger partial charge >= 0.3 is 0 Å². The van der Waals surface area contributed by atoms with Crippen molar-refractivity contribution in [2.45, 2.75) is 26.1 Å². The SMILES string of the molecule is CCSCc1nc(C)cc(CN)n1. The molecule has 0 saturated heterocycles. The second kappa shape index (κ2) is 5.19. The highest BCUT2D eigenvalue weighted by molar-refractivity contribution is 7.98. The largest absolute Gasteiger partial charge is 0.325 e. The van der Waals surface area contributed by atoms with E-state index in [0.717, 1.165) is 28.7 Å². The third-order valence-electron chi connectivity index (χ3n) is 1.60. The average Bonchev–Trinajstić information content (AvgIpc) is 2.14. The van der Waals surface area contributed by atoms with Gasteiger partial charge in [0, 0.05) is 12.2 Å². The molecule has 2 N–H and O–H groups in total. The third kappa shape index (κ3) is 3.32. The fraction of sp³-hybridized carbons (Fsp3) is 0.556. The van der Waals surface area contributed by atoms with Gasteiger partial charge in [0.25, 0.3) is 0 Å². The van der Waals surface area contributed by atoms with Gasteiger partial charge < -0.3 is 5.73 Å². The van der Waals surface area contributed by atoms with Crippen LogP contribution in [0.25, 0.3) is 0 Å². The Morgan fingerprint density at radius 3 is 2.85 bits per heavy atom. The molecule has 72 valence electrons. The van der Waals surface area contributed by atoms with E-state index in [4.69, 9.17) is 5.73 Å². The maximum atomic E-state index is 5.52. The monoisotopic (exact) mass is 197 g/mol. The summed E-state index contributed by atoms with van der Waals surface area (Å²) in [6, 6.07) is 1.93. The van der Waals surface area contributed by atoms with Gasteiger partial charge in [-0.2, -0.15) is 11.8 Å². The van der Waals surface area contributed by atoms with Gasteiger partial charge in [-0.05, 0) is 18.7 Å².